The van der Waals surface area contributed by atoms with Crippen LogP contribution in [-0.2, 0) is 0 Å². The molecule has 0 bridgehead atoms. The lowest BCUT2D eigenvalue weighted by Gasteiger charge is -2.37. The van der Waals surface area contributed by atoms with Gasteiger partial charge < -0.3 is 9.47 Å². The molecular weight excluding hydrogens is 285 g/mol. The van der Waals surface area contributed by atoms with Crippen LogP contribution in [-0.4, -0.2) is 38.6 Å². The Balaban J connectivity index is 1.66. The molecule has 1 fully saturated rings. The van der Waals surface area contributed by atoms with Gasteiger partial charge in [0.05, 0.1) is 18.6 Å². The summed E-state index contributed by atoms with van der Waals surface area (Å²) in [5, 5.41) is 2.70. The summed E-state index contributed by atoms with van der Waals surface area (Å²) >= 11 is 0. The third kappa shape index (κ3) is 3.08. The molecule has 0 aliphatic carbocycles. The molecule has 1 N–H and O–H groups in total. The second-order valence-electron chi connectivity index (χ2n) is 5.58. The van der Waals surface area contributed by atoms with E-state index < -0.39 is 5.82 Å². The van der Waals surface area contributed by atoms with Crippen LogP contribution in [0.1, 0.15) is 19.4 Å². The first kappa shape index (κ1) is 14.5. The molecule has 2 aromatic heterocycles. The average molecular weight is 303 g/mol. The van der Waals surface area contributed by atoms with E-state index in [-0.39, 0.29) is 12.1 Å². The van der Waals surface area contributed by atoms with Gasteiger partial charge in [-0.1, -0.05) is 6.92 Å². The van der Waals surface area contributed by atoms with Crippen molar-refractivity contribution in [1.82, 2.24) is 19.4 Å². The summed E-state index contributed by atoms with van der Waals surface area (Å²) in [7, 11) is 0. The van der Waals surface area contributed by atoms with E-state index in [1.165, 1.54) is 12.1 Å². The Hall–Kier alpha value is -2.44. The lowest BCUT2D eigenvalue weighted by Crippen LogP contribution is -2.45. The van der Waals surface area contributed by atoms with Gasteiger partial charge in [-0.2, -0.15) is 0 Å². The molecule has 116 valence electrons. The Bertz CT molecular complexity index is 628. The molecule has 1 saturated heterocycles. The Morgan fingerprint density at radius 2 is 2.32 bits per heavy atom. The molecule has 1 aliphatic heterocycles. The zero-order valence-electron chi connectivity index (χ0n) is 12.3. The van der Waals surface area contributed by atoms with E-state index in [1.807, 2.05) is 10.8 Å². The number of urea groups is 1. The molecule has 0 saturated carbocycles. The predicted octanol–water partition coefficient (Wildman–Crippen LogP) is 2.53. The van der Waals surface area contributed by atoms with Gasteiger partial charge in [0.15, 0.2) is 0 Å². The van der Waals surface area contributed by atoms with Crippen LogP contribution in [0.25, 0.3) is 0 Å². The van der Waals surface area contributed by atoms with Gasteiger partial charge in [0.25, 0.3) is 0 Å². The van der Waals surface area contributed by atoms with E-state index in [4.69, 9.17) is 0 Å². The highest BCUT2D eigenvalue weighted by Crippen LogP contribution is 2.27. The molecule has 3 rings (SSSR count). The van der Waals surface area contributed by atoms with E-state index in [9.17, 15) is 9.18 Å². The van der Waals surface area contributed by atoms with Crippen molar-refractivity contribution in [3.63, 3.8) is 0 Å². The monoisotopic (exact) mass is 303 g/mol. The number of halogens is 1. The SMILES string of the molecule is C[C@@H]1CCN(C(=O)Nc2ccc(F)cn2)C[C@@H]1n1ccnc1. The molecule has 22 heavy (non-hydrogen) atoms. The molecule has 0 aromatic carbocycles. The van der Waals surface area contributed by atoms with Crippen molar-refractivity contribution in [2.24, 2.45) is 5.92 Å². The second-order valence-corrected chi connectivity index (χ2v) is 5.58. The van der Waals surface area contributed by atoms with Gasteiger partial charge in [-0.25, -0.2) is 19.2 Å². The smallest absolute Gasteiger partial charge is 0.323 e. The highest BCUT2D eigenvalue weighted by molar-refractivity contribution is 5.88. The molecule has 3 heterocycles. The largest absolute Gasteiger partial charge is 0.332 e. The molecule has 7 heteroatoms. The van der Waals surface area contributed by atoms with Gasteiger partial charge in [0.1, 0.15) is 11.6 Å². The fraction of sp³-hybridized carbons (Fsp3) is 0.400. The maximum absolute atomic E-state index is 12.8. The third-order valence-electron chi connectivity index (χ3n) is 4.08. The number of nitrogens with zero attached hydrogens (tertiary/aromatic N) is 4. The maximum Gasteiger partial charge on any atom is 0.323 e. The molecule has 6 nitrogen and oxygen atoms in total. The third-order valence-corrected chi connectivity index (χ3v) is 4.08. The van der Waals surface area contributed by atoms with Crippen LogP contribution in [0.4, 0.5) is 15.0 Å². The minimum Gasteiger partial charge on any atom is -0.332 e. The Morgan fingerprint density at radius 3 is 3.00 bits per heavy atom. The van der Waals surface area contributed by atoms with Gasteiger partial charge in [-0.15, -0.1) is 0 Å². The number of pyridine rings is 1. The van der Waals surface area contributed by atoms with Gasteiger partial charge >= 0.3 is 6.03 Å². The molecule has 2 amide bonds. The van der Waals surface area contributed by atoms with Gasteiger partial charge in [-0.05, 0) is 24.5 Å². The summed E-state index contributed by atoms with van der Waals surface area (Å²) in [5.41, 5.74) is 0. The van der Waals surface area contributed by atoms with Crippen molar-refractivity contribution >= 4 is 11.8 Å². The van der Waals surface area contributed by atoms with Gasteiger partial charge in [0.2, 0.25) is 0 Å². The molecule has 0 spiro atoms. The van der Waals surface area contributed by atoms with Crippen LogP contribution in [0.5, 0.6) is 0 Å². The predicted molar refractivity (Wildman–Crippen MR) is 79.8 cm³/mol. The summed E-state index contributed by atoms with van der Waals surface area (Å²) in [6.45, 7) is 3.49. The lowest BCUT2D eigenvalue weighted by molar-refractivity contribution is 0.149. The average Bonchev–Trinajstić information content (AvgIpc) is 3.04. The maximum atomic E-state index is 12.8. The number of hydrogen-bond donors (Lipinski definition) is 1. The molecule has 0 unspecified atom stereocenters. The number of piperidine rings is 1. The minimum atomic E-state index is -0.426. The highest BCUT2D eigenvalue weighted by atomic mass is 19.1. The van der Waals surface area contributed by atoms with Crippen LogP contribution >= 0.6 is 0 Å². The molecule has 2 aromatic rings. The number of hydrogen-bond acceptors (Lipinski definition) is 3. The minimum absolute atomic E-state index is 0.211. The first-order valence-corrected chi connectivity index (χ1v) is 7.28. The van der Waals surface area contributed by atoms with E-state index >= 15 is 0 Å². The Labute approximate surface area is 128 Å². The number of carbonyl (C=O) groups excluding carboxylic acids is 1. The molecule has 0 radical (unpaired) electrons. The number of imidazole rings is 1. The number of rotatable bonds is 2. The summed E-state index contributed by atoms with van der Waals surface area (Å²) in [6, 6.07) is 2.72. The zero-order valence-corrected chi connectivity index (χ0v) is 12.3. The number of nitrogens with one attached hydrogen (secondary N) is 1. The van der Waals surface area contributed by atoms with Crippen LogP contribution < -0.4 is 5.32 Å². The first-order valence-electron chi connectivity index (χ1n) is 7.28. The van der Waals surface area contributed by atoms with Crippen LogP contribution in [0.2, 0.25) is 0 Å². The summed E-state index contributed by atoms with van der Waals surface area (Å²) in [6.07, 6.45) is 7.46. The van der Waals surface area contributed by atoms with E-state index in [2.05, 4.69) is 22.2 Å². The van der Waals surface area contributed by atoms with Crippen molar-refractivity contribution < 1.29 is 9.18 Å². The fourth-order valence-electron chi connectivity index (χ4n) is 2.73. The molecular formula is C15H18FN5O. The van der Waals surface area contributed by atoms with Crippen molar-refractivity contribution in [1.29, 1.82) is 0 Å². The van der Waals surface area contributed by atoms with Crippen LogP contribution in [0, 0.1) is 11.7 Å². The van der Waals surface area contributed by atoms with Gasteiger partial charge in [-0.3, -0.25) is 5.32 Å². The number of anilines is 1. The second kappa shape index (κ2) is 6.13. The van der Waals surface area contributed by atoms with Crippen molar-refractivity contribution in [3.05, 3.63) is 42.9 Å². The van der Waals surface area contributed by atoms with Crippen molar-refractivity contribution in [2.75, 3.05) is 18.4 Å². The lowest BCUT2D eigenvalue weighted by atomic mass is 9.93. The number of amides is 2. The number of carbonyl (C=O) groups is 1. The Morgan fingerprint density at radius 1 is 1.45 bits per heavy atom. The zero-order chi connectivity index (χ0) is 15.5. The van der Waals surface area contributed by atoms with Crippen LogP contribution in [0.15, 0.2) is 37.1 Å². The number of aromatic nitrogens is 3. The quantitative estimate of drug-likeness (QED) is 0.927. The topological polar surface area (TPSA) is 63.1 Å². The van der Waals surface area contributed by atoms with E-state index in [0.29, 0.717) is 24.8 Å². The van der Waals surface area contributed by atoms with Gasteiger partial charge in [0, 0.05) is 25.5 Å². The highest BCUT2D eigenvalue weighted by Gasteiger charge is 2.29. The summed E-state index contributed by atoms with van der Waals surface area (Å²) in [4.78, 5) is 22.0. The molecule has 1 aliphatic rings. The number of likely N-dealkylation sites (tertiary alicyclic amines) is 1. The summed E-state index contributed by atoms with van der Waals surface area (Å²) in [5.74, 6) is 0.399. The fourth-order valence-corrected chi connectivity index (χ4v) is 2.73. The van der Waals surface area contributed by atoms with Crippen molar-refractivity contribution in [3.8, 4) is 0 Å². The summed E-state index contributed by atoms with van der Waals surface area (Å²) < 4.78 is 14.9. The standard InChI is InChI=1S/C15H18FN5O/c1-11-4-6-20(9-13(11)21-7-5-17-10-21)15(22)19-14-3-2-12(16)8-18-14/h2-3,5,7-8,10-11,13H,4,6,9H2,1H3,(H,18,19,22)/t11-,13+/m1/s1. The Kier molecular flexibility index (Phi) is 4.04. The van der Waals surface area contributed by atoms with E-state index in [0.717, 1.165) is 12.6 Å². The van der Waals surface area contributed by atoms with Crippen molar-refractivity contribution in [2.45, 2.75) is 19.4 Å². The first-order chi connectivity index (χ1) is 10.6. The normalized spacial score (nSPS) is 21.6. The van der Waals surface area contributed by atoms with E-state index in [1.54, 1.807) is 17.4 Å². The molecule has 2 atom stereocenters. The van der Waals surface area contributed by atoms with Crippen LogP contribution in [0.3, 0.4) is 0 Å².